The lowest BCUT2D eigenvalue weighted by molar-refractivity contribution is -0.142. The Kier molecular flexibility index (Phi) is 7.96. The highest BCUT2D eigenvalue weighted by molar-refractivity contribution is 7.98. The van der Waals surface area contributed by atoms with E-state index in [1.807, 2.05) is 6.26 Å². The molecule has 1 heterocycles. The lowest BCUT2D eigenvalue weighted by Gasteiger charge is -2.31. The maximum atomic E-state index is 12.7. The van der Waals surface area contributed by atoms with E-state index in [1.165, 1.54) is 40.3 Å². The summed E-state index contributed by atoms with van der Waals surface area (Å²) in [7, 11) is -3.63. The number of carboxylic acid groups (broad SMARTS) is 1. The van der Waals surface area contributed by atoms with Gasteiger partial charge in [-0.3, -0.25) is 4.79 Å². The number of carboxylic acids is 1. The van der Waals surface area contributed by atoms with Crippen LogP contribution in [-0.2, 0) is 19.6 Å². The highest BCUT2D eigenvalue weighted by atomic mass is 35.5. The van der Waals surface area contributed by atoms with Crippen LogP contribution in [0.3, 0.4) is 0 Å². The molecule has 0 aliphatic carbocycles. The molecule has 1 aliphatic heterocycles. The van der Waals surface area contributed by atoms with Gasteiger partial charge in [-0.25, -0.2) is 13.2 Å². The molecule has 0 bridgehead atoms. The van der Waals surface area contributed by atoms with Crippen LogP contribution in [0.2, 0.25) is 5.02 Å². The van der Waals surface area contributed by atoms with Crippen molar-refractivity contribution in [2.24, 2.45) is 5.92 Å². The van der Waals surface area contributed by atoms with Crippen LogP contribution in [0.25, 0.3) is 0 Å². The summed E-state index contributed by atoms with van der Waals surface area (Å²) in [5.74, 6) is -1.14. The third kappa shape index (κ3) is 5.84. The summed E-state index contributed by atoms with van der Waals surface area (Å²) in [5, 5.41) is 12.3. The van der Waals surface area contributed by atoms with Crippen molar-refractivity contribution in [2.75, 3.05) is 25.1 Å². The molecule has 0 aromatic heterocycles. The van der Waals surface area contributed by atoms with Crippen LogP contribution in [0.4, 0.5) is 0 Å². The van der Waals surface area contributed by atoms with Gasteiger partial charge in [0.1, 0.15) is 6.04 Å². The number of thioether (sulfide) groups is 1. The van der Waals surface area contributed by atoms with Crippen LogP contribution < -0.4 is 5.32 Å². The fourth-order valence-corrected chi connectivity index (χ4v) is 4.96. The van der Waals surface area contributed by atoms with E-state index in [4.69, 9.17) is 11.6 Å². The summed E-state index contributed by atoms with van der Waals surface area (Å²) >= 11 is 7.32. The van der Waals surface area contributed by atoms with Crippen molar-refractivity contribution < 1.29 is 23.1 Å². The minimum Gasteiger partial charge on any atom is -0.480 e. The topological polar surface area (TPSA) is 104 Å². The predicted octanol–water partition coefficient (Wildman–Crippen LogP) is 2.06. The number of sulfonamides is 1. The zero-order chi connectivity index (χ0) is 20.0. The van der Waals surface area contributed by atoms with E-state index in [9.17, 15) is 23.1 Å². The number of benzene rings is 1. The van der Waals surface area contributed by atoms with Gasteiger partial charge in [0, 0.05) is 24.0 Å². The van der Waals surface area contributed by atoms with Gasteiger partial charge >= 0.3 is 5.97 Å². The van der Waals surface area contributed by atoms with Crippen LogP contribution in [-0.4, -0.2) is 60.8 Å². The average Bonchev–Trinajstić information content (AvgIpc) is 2.65. The van der Waals surface area contributed by atoms with E-state index in [-0.39, 0.29) is 23.9 Å². The quantitative estimate of drug-likeness (QED) is 0.649. The molecule has 150 valence electrons. The molecule has 1 aromatic rings. The van der Waals surface area contributed by atoms with Gasteiger partial charge < -0.3 is 10.4 Å². The molecule has 1 aliphatic rings. The Morgan fingerprint density at radius 3 is 2.41 bits per heavy atom. The van der Waals surface area contributed by atoms with E-state index < -0.39 is 28.0 Å². The molecule has 1 fully saturated rings. The number of nitrogens with zero attached hydrogens (tertiary/aromatic N) is 1. The molecule has 0 unspecified atom stereocenters. The number of aliphatic carboxylic acids is 1. The van der Waals surface area contributed by atoms with E-state index in [0.29, 0.717) is 30.0 Å². The van der Waals surface area contributed by atoms with E-state index in [2.05, 4.69) is 5.32 Å². The first-order chi connectivity index (χ1) is 12.8. The standard InChI is InChI=1S/C17H23ClN2O5S2/c1-26-11-8-15(17(22)23)19-16(21)12-6-9-20(10-7-12)27(24,25)14-4-2-13(18)3-5-14/h2-5,12,15H,6-11H2,1H3,(H,19,21)(H,22,23)/t15-/m0/s1. The molecule has 1 atom stereocenters. The number of nitrogens with one attached hydrogen (secondary N) is 1. The van der Waals surface area contributed by atoms with E-state index in [1.54, 1.807) is 0 Å². The zero-order valence-electron chi connectivity index (χ0n) is 14.9. The predicted molar refractivity (Wildman–Crippen MR) is 106 cm³/mol. The number of rotatable bonds is 8. The fourth-order valence-electron chi connectivity index (χ4n) is 2.90. The van der Waals surface area contributed by atoms with E-state index >= 15 is 0 Å². The molecule has 2 rings (SSSR count). The molecule has 0 radical (unpaired) electrons. The molecule has 1 aromatic carbocycles. The largest absolute Gasteiger partial charge is 0.480 e. The molecule has 7 nitrogen and oxygen atoms in total. The average molecular weight is 435 g/mol. The number of amides is 1. The normalized spacial score (nSPS) is 17.4. The first kappa shape index (κ1) is 22.0. The van der Waals surface area contributed by atoms with Crippen LogP contribution >= 0.6 is 23.4 Å². The second-order valence-electron chi connectivity index (χ2n) is 6.31. The lowest BCUT2D eigenvalue weighted by Crippen LogP contribution is -2.47. The first-order valence-electron chi connectivity index (χ1n) is 8.53. The summed E-state index contributed by atoms with van der Waals surface area (Å²) in [6.07, 6.45) is 2.94. The molecular weight excluding hydrogens is 412 g/mol. The Balaban J connectivity index is 1.94. The summed E-state index contributed by atoms with van der Waals surface area (Å²) in [6.45, 7) is 0.428. The summed E-state index contributed by atoms with van der Waals surface area (Å²) in [6, 6.07) is 5.05. The minimum atomic E-state index is -3.63. The SMILES string of the molecule is CSCC[C@H](NC(=O)C1CCN(S(=O)(=O)c2ccc(Cl)cc2)CC1)C(=O)O. The molecule has 0 spiro atoms. The monoisotopic (exact) mass is 434 g/mol. The Bertz CT molecular complexity index is 762. The van der Waals surface area contributed by atoms with Crippen molar-refractivity contribution in [3.8, 4) is 0 Å². The Hall–Kier alpha value is -1.29. The second-order valence-corrected chi connectivity index (χ2v) is 9.67. The summed E-state index contributed by atoms with van der Waals surface area (Å²) in [5.41, 5.74) is 0. The van der Waals surface area contributed by atoms with Gasteiger partial charge in [-0.15, -0.1) is 0 Å². The van der Waals surface area contributed by atoms with Crippen LogP contribution in [0.1, 0.15) is 19.3 Å². The highest BCUT2D eigenvalue weighted by Gasteiger charge is 2.33. The zero-order valence-corrected chi connectivity index (χ0v) is 17.3. The Morgan fingerprint density at radius 1 is 1.30 bits per heavy atom. The fraction of sp³-hybridized carbons (Fsp3) is 0.529. The van der Waals surface area contributed by atoms with Crippen molar-refractivity contribution in [3.63, 3.8) is 0 Å². The van der Waals surface area contributed by atoms with Gasteiger partial charge in [0.15, 0.2) is 0 Å². The molecule has 2 N–H and O–H groups in total. The second kappa shape index (κ2) is 9.77. The van der Waals surface area contributed by atoms with Gasteiger partial charge in [-0.2, -0.15) is 16.1 Å². The molecule has 10 heteroatoms. The van der Waals surface area contributed by atoms with Crippen LogP contribution in [0.5, 0.6) is 0 Å². The van der Waals surface area contributed by atoms with Crippen LogP contribution in [0.15, 0.2) is 29.2 Å². The summed E-state index contributed by atoms with van der Waals surface area (Å²) < 4.78 is 26.7. The van der Waals surface area contributed by atoms with Gasteiger partial charge in [-0.05, 0) is 55.5 Å². The van der Waals surface area contributed by atoms with Gasteiger partial charge in [0.2, 0.25) is 15.9 Å². The van der Waals surface area contributed by atoms with Crippen LogP contribution in [0, 0.1) is 5.92 Å². The third-order valence-corrected chi connectivity index (χ3v) is 7.31. The van der Waals surface area contributed by atoms with Crippen molar-refractivity contribution in [1.29, 1.82) is 0 Å². The highest BCUT2D eigenvalue weighted by Crippen LogP contribution is 2.25. The third-order valence-electron chi connectivity index (χ3n) is 4.50. The van der Waals surface area contributed by atoms with Gasteiger partial charge in [0.05, 0.1) is 4.90 Å². The smallest absolute Gasteiger partial charge is 0.326 e. The Morgan fingerprint density at radius 2 is 1.89 bits per heavy atom. The number of hydrogen-bond donors (Lipinski definition) is 2. The van der Waals surface area contributed by atoms with Crippen molar-refractivity contribution >= 4 is 45.3 Å². The minimum absolute atomic E-state index is 0.165. The molecule has 27 heavy (non-hydrogen) atoms. The van der Waals surface area contributed by atoms with E-state index in [0.717, 1.165) is 0 Å². The van der Waals surface area contributed by atoms with Gasteiger partial charge in [-0.1, -0.05) is 11.6 Å². The van der Waals surface area contributed by atoms with Crippen molar-refractivity contribution in [1.82, 2.24) is 9.62 Å². The van der Waals surface area contributed by atoms with Crippen molar-refractivity contribution in [3.05, 3.63) is 29.3 Å². The maximum absolute atomic E-state index is 12.7. The molecule has 0 saturated carbocycles. The maximum Gasteiger partial charge on any atom is 0.326 e. The lowest BCUT2D eigenvalue weighted by atomic mass is 9.96. The number of hydrogen-bond acceptors (Lipinski definition) is 5. The number of carbonyl (C=O) groups is 2. The molecule has 1 saturated heterocycles. The number of halogens is 1. The number of piperidine rings is 1. The van der Waals surface area contributed by atoms with Gasteiger partial charge in [0.25, 0.3) is 0 Å². The summed E-state index contributed by atoms with van der Waals surface area (Å²) in [4.78, 5) is 23.8. The Labute approximate surface area is 168 Å². The first-order valence-corrected chi connectivity index (χ1v) is 11.7. The number of carbonyl (C=O) groups excluding carboxylic acids is 1. The van der Waals surface area contributed by atoms with Crippen molar-refractivity contribution in [2.45, 2.75) is 30.2 Å². The molecule has 1 amide bonds. The molecular formula is C17H23ClN2O5S2.